The van der Waals surface area contributed by atoms with Gasteiger partial charge in [-0.3, -0.25) is 0 Å². The van der Waals surface area contributed by atoms with Crippen molar-refractivity contribution in [2.75, 3.05) is 6.54 Å². The molecule has 0 aromatic heterocycles. The lowest BCUT2D eigenvalue weighted by Gasteiger charge is -2.05. The van der Waals surface area contributed by atoms with Gasteiger partial charge in [0.25, 0.3) is 6.43 Å². The highest BCUT2D eigenvalue weighted by Gasteiger charge is 2.22. The smallest absolute Gasteiger partial charge is 0.253 e. The predicted molar refractivity (Wildman–Crippen MR) is 27.0 cm³/mol. The Morgan fingerprint density at radius 2 is 2.25 bits per heavy atom. The number of hydrogen-bond donors (Lipinski definition) is 1. The molecule has 1 fully saturated rings. The van der Waals surface area contributed by atoms with E-state index >= 15 is 0 Å². The van der Waals surface area contributed by atoms with Gasteiger partial charge in [0, 0.05) is 0 Å². The van der Waals surface area contributed by atoms with Crippen molar-refractivity contribution in [1.29, 1.82) is 0 Å². The van der Waals surface area contributed by atoms with Crippen LogP contribution in [0, 0.1) is 0 Å². The largest absolute Gasteiger partial charge is 0.309 e. The van der Waals surface area contributed by atoms with Crippen LogP contribution in [-0.4, -0.2) is 19.0 Å². The molecule has 1 aliphatic rings. The highest BCUT2D eigenvalue weighted by molar-refractivity contribution is 4.75. The summed E-state index contributed by atoms with van der Waals surface area (Å²) < 4.78 is 23.4. The van der Waals surface area contributed by atoms with Crippen molar-refractivity contribution in [2.45, 2.75) is 25.3 Å². The monoisotopic (exact) mass is 121 g/mol. The molecule has 1 rings (SSSR count). The fourth-order valence-corrected chi connectivity index (χ4v) is 0.927. The Labute approximate surface area is 47.1 Å². The highest BCUT2D eigenvalue weighted by atomic mass is 19.3. The molecule has 1 heterocycles. The van der Waals surface area contributed by atoms with E-state index in [1.165, 1.54) is 0 Å². The van der Waals surface area contributed by atoms with Crippen molar-refractivity contribution >= 4 is 0 Å². The minimum absolute atomic E-state index is 0.519. The van der Waals surface area contributed by atoms with Crippen molar-refractivity contribution in [2.24, 2.45) is 0 Å². The van der Waals surface area contributed by atoms with Crippen LogP contribution < -0.4 is 5.32 Å². The first-order valence-electron chi connectivity index (χ1n) is 2.82. The van der Waals surface area contributed by atoms with E-state index < -0.39 is 12.5 Å². The molecule has 0 aromatic rings. The minimum Gasteiger partial charge on any atom is -0.309 e. The van der Waals surface area contributed by atoms with Crippen LogP contribution >= 0.6 is 0 Å². The molecule has 0 aromatic carbocycles. The quantitative estimate of drug-likeness (QED) is 0.545. The first-order chi connectivity index (χ1) is 3.80. The maximum Gasteiger partial charge on any atom is 0.253 e. The summed E-state index contributed by atoms with van der Waals surface area (Å²) in [6, 6.07) is -0.519. The first kappa shape index (κ1) is 5.95. The minimum atomic E-state index is -2.17. The van der Waals surface area contributed by atoms with Crippen LogP contribution in [0.5, 0.6) is 0 Å². The van der Waals surface area contributed by atoms with Crippen LogP contribution in [0.15, 0.2) is 0 Å². The van der Waals surface area contributed by atoms with Gasteiger partial charge in [0.05, 0.1) is 6.04 Å². The maximum atomic E-state index is 11.7. The summed E-state index contributed by atoms with van der Waals surface area (Å²) in [6.07, 6.45) is -0.635. The van der Waals surface area contributed by atoms with E-state index in [2.05, 4.69) is 5.32 Å². The molecule has 1 unspecified atom stereocenters. The Hall–Kier alpha value is -0.180. The Bertz CT molecular complexity index is 68.8. The third-order valence-electron chi connectivity index (χ3n) is 1.40. The molecule has 3 heteroatoms. The Morgan fingerprint density at radius 1 is 1.50 bits per heavy atom. The summed E-state index contributed by atoms with van der Waals surface area (Å²) in [6.45, 7) is 0.759. The van der Waals surface area contributed by atoms with E-state index in [-0.39, 0.29) is 0 Å². The first-order valence-corrected chi connectivity index (χ1v) is 2.82. The number of halogens is 2. The number of rotatable bonds is 1. The molecule has 0 spiro atoms. The SMILES string of the molecule is FC(F)C1CCCN1. The van der Waals surface area contributed by atoms with E-state index in [4.69, 9.17) is 0 Å². The van der Waals surface area contributed by atoms with Gasteiger partial charge < -0.3 is 5.32 Å². The van der Waals surface area contributed by atoms with Crippen molar-refractivity contribution < 1.29 is 8.78 Å². The highest BCUT2D eigenvalue weighted by Crippen LogP contribution is 2.11. The summed E-state index contributed by atoms with van der Waals surface area (Å²) >= 11 is 0. The van der Waals surface area contributed by atoms with Crippen molar-refractivity contribution in [3.05, 3.63) is 0 Å². The van der Waals surface area contributed by atoms with Crippen molar-refractivity contribution in [3.63, 3.8) is 0 Å². The van der Waals surface area contributed by atoms with Crippen LogP contribution in [0.25, 0.3) is 0 Å². The lowest BCUT2D eigenvalue weighted by Crippen LogP contribution is -2.28. The van der Waals surface area contributed by atoms with Gasteiger partial charge in [-0.15, -0.1) is 0 Å². The van der Waals surface area contributed by atoms with Gasteiger partial charge in [-0.05, 0) is 19.4 Å². The third-order valence-corrected chi connectivity index (χ3v) is 1.40. The van der Waals surface area contributed by atoms with Gasteiger partial charge in [-0.25, -0.2) is 8.78 Å². The third kappa shape index (κ3) is 1.15. The van der Waals surface area contributed by atoms with E-state index in [0.717, 1.165) is 13.0 Å². The van der Waals surface area contributed by atoms with Gasteiger partial charge >= 0.3 is 0 Å². The van der Waals surface area contributed by atoms with Gasteiger partial charge in [-0.2, -0.15) is 0 Å². The molecule has 0 amide bonds. The summed E-state index contributed by atoms with van der Waals surface area (Å²) in [5.41, 5.74) is 0. The topological polar surface area (TPSA) is 12.0 Å². The molecule has 1 aliphatic heterocycles. The molecule has 8 heavy (non-hydrogen) atoms. The molecule has 1 atom stereocenters. The second kappa shape index (κ2) is 2.40. The molecule has 1 N–H and O–H groups in total. The molecular weight excluding hydrogens is 112 g/mol. The molecule has 0 aliphatic carbocycles. The fourth-order valence-electron chi connectivity index (χ4n) is 0.927. The van der Waals surface area contributed by atoms with Gasteiger partial charge in [0.15, 0.2) is 0 Å². The lowest BCUT2D eigenvalue weighted by molar-refractivity contribution is 0.107. The summed E-state index contributed by atoms with van der Waals surface area (Å²) in [4.78, 5) is 0. The number of nitrogens with one attached hydrogen (secondary N) is 1. The number of alkyl halides is 2. The van der Waals surface area contributed by atoms with Gasteiger partial charge in [0.2, 0.25) is 0 Å². The zero-order valence-electron chi connectivity index (χ0n) is 4.53. The summed E-state index contributed by atoms with van der Waals surface area (Å²) in [5.74, 6) is 0. The molecule has 48 valence electrons. The maximum absolute atomic E-state index is 11.7. The van der Waals surface area contributed by atoms with Crippen molar-refractivity contribution in [1.82, 2.24) is 5.32 Å². The molecule has 0 saturated carbocycles. The standard InChI is InChI=1S/C5H9F2N/c6-5(7)4-2-1-3-8-4/h4-5,8H,1-3H2. The van der Waals surface area contributed by atoms with Gasteiger partial charge in [-0.1, -0.05) is 0 Å². The lowest BCUT2D eigenvalue weighted by atomic mass is 10.2. The zero-order chi connectivity index (χ0) is 5.98. The van der Waals surface area contributed by atoms with E-state index in [9.17, 15) is 8.78 Å². The second-order valence-corrected chi connectivity index (χ2v) is 2.04. The van der Waals surface area contributed by atoms with Crippen LogP contribution in [0.1, 0.15) is 12.8 Å². The molecule has 0 bridgehead atoms. The van der Waals surface area contributed by atoms with Crippen LogP contribution in [0.3, 0.4) is 0 Å². The number of hydrogen-bond acceptors (Lipinski definition) is 1. The summed E-state index contributed by atoms with van der Waals surface area (Å²) in [5, 5.41) is 2.71. The van der Waals surface area contributed by atoms with E-state index in [1.54, 1.807) is 0 Å². The van der Waals surface area contributed by atoms with E-state index in [0.29, 0.717) is 6.42 Å². The molecular formula is C5H9F2N. The Kier molecular flexibility index (Phi) is 1.78. The summed E-state index contributed by atoms with van der Waals surface area (Å²) in [7, 11) is 0. The zero-order valence-corrected chi connectivity index (χ0v) is 4.53. The van der Waals surface area contributed by atoms with Crippen LogP contribution in [0.4, 0.5) is 8.78 Å². The molecule has 0 radical (unpaired) electrons. The van der Waals surface area contributed by atoms with Crippen LogP contribution in [0.2, 0.25) is 0 Å². The second-order valence-electron chi connectivity index (χ2n) is 2.04. The fraction of sp³-hybridized carbons (Fsp3) is 1.00. The van der Waals surface area contributed by atoms with Crippen molar-refractivity contribution in [3.8, 4) is 0 Å². The molecule has 1 saturated heterocycles. The Balaban J connectivity index is 2.24. The normalized spacial score (nSPS) is 29.6. The van der Waals surface area contributed by atoms with E-state index in [1.807, 2.05) is 0 Å². The average Bonchev–Trinajstić information content (AvgIpc) is 2.12. The Morgan fingerprint density at radius 3 is 2.50 bits per heavy atom. The van der Waals surface area contributed by atoms with Gasteiger partial charge in [0.1, 0.15) is 0 Å². The predicted octanol–water partition coefficient (Wildman–Crippen LogP) is 1.00. The van der Waals surface area contributed by atoms with Crippen LogP contribution in [-0.2, 0) is 0 Å². The average molecular weight is 121 g/mol. The molecule has 1 nitrogen and oxygen atoms in total.